The smallest absolute Gasteiger partial charge is 0.115 e. The molecule has 0 radical (unpaired) electrons. The molecule has 0 aliphatic carbocycles. The molecule has 0 aliphatic heterocycles. The van der Waals surface area contributed by atoms with E-state index in [2.05, 4.69) is 0 Å². The summed E-state index contributed by atoms with van der Waals surface area (Å²) in [5.41, 5.74) is 5.78. The minimum atomic E-state index is 0.199. The van der Waals surface area contributed by atoms with Crippen LogP contribution < -0.4 is 0 Å². The van der Waals surface area contributed by atoms with E-state index in [1.165, 1.54) is 0 Å². The van der Waals surface area contributed by atoms with Crippen LogP contribution in [0.25, 0.3) is 11.1 Å². The van der Waals surface area contributed by atoms with E-state index in [1.807, 2.05) is 66.7 Å². The fourth-order valence-electron chi connectivity index (χ4n) is 3.40. The number of rotatable bonds is 4. The van der Waals surface area contributed by atoms with E-state index in [0.29, 0.717) is 0 Å². The zero-order chi connectivity index (χ0) is 20.2. The van der Waals surface area contributed by atoms with Crippen LogP contribution in [0.15, 0.2) is 103 Å². The summed E-state index contributed by atoms with van der Waals surface area (Å²) in [5.74, 6) is 0.603. The molecular formula is C26H20O3. The van der Waals surface area contributed by atoms with Crippen LogP contribution >= 0.6 is 0 Å². The predicted molar refractivity (Wildman–Crippen MR) is 116 cm³/mol. The van der Waals surface area contributed by atoms with Crippen LogP contribution in [0, 0.1) is 0 Å². The van der Waals surface area contributed by atoms with E-state index >= 15 is 0 Å². The second-order valence-corrected chi connectivity index (χ2v) is 6.76. The quantitative estimate of drug-likeness (QED) is 0.392. The van der Waals surface area contributed by atoms with Gasteiger partial charge in [-0.05, 0) is 69.8 Å². The summed E-state index contributed by atoms with van der Waals surface area (Å²) in [6.07, 6.45) is 0. The molecule has 0 saturated carbocycles. The molecule has 29 heavy (non-hydrogen) atoms. The number of aromatic hydroxyl groups is 3. The summed E-state index contributed by atoms with van der Waals surface area (Å²) < 4.78 is 0. The van der Waals surface area contributed by atoms with Gasteiger partial charge in [-0.25, -0.2) is 0 Å². The average molecular weight is 380 g/mol. The minimum absolute atomic E-state index is 0.199. The van der Waals surface area contributed by atoms with Gasteiger partial charge in [-0.15, -0.1) is 0 Å². The molecule has 4 rings (SSSR count). The first-order chi connectivity index (χ1) is 14.1. The Morgan fingerprint density at radius 2 is 0.621 bits per heavy atom. The van der Waals surface area contributed by atoms with Gasteiger partial charge in [0.15, 0.2) is 0 Å². The monoisotopic (exact) mass is 380 g/mol. The molecule has 0 bridgehead atoms. The van der Waals surface area contributed by atoms with Crippen molar-refractivity contribution in [1.82, 2.24) is 0 Å². The fraction of sp³-hybridized carbons (Fsp3) is 0. The third kappa shape index (κ3) is 3.99. The normalized spacial score (nSPS) is 10.5. The van der Waals surface area contributed by atoms with Gasteiger partial charge in [0, 0.05) is 0 Å². The average Bonchev–Trinajstić information content (AvgIpc) is 2.75. The molecule has 0 aliphatic rings. The van der Waals surface area contributed by atoms with Gasteiger partial charge in [0.1, 0.15) is 17.2 Å². The molecule has 0 atom stereocenters. The molecule has 0 fully saturated rings. The zero-order valence-corrected chi connectivity index (χ0v) is 15.7. The number of benzene rings is 4. The van der Waals surface area contributed by atoms with Gasteiger partial charge in [0.25, 0.3) is 0 Å². The zero-order valence-electron chi connectivity index (χ0n) is 15.7. The van der Waals surface area contributed by atoms with Crippen LogP contribution in [0.3, 0.4) is 0 Å². The molecule has 4 aromatic rings. The topological polar surface area (TPSA) is 60.7 Å². The number of hydrogen-bond donors (Lipinski definition) is 3. The lowest BCUT2D eigenvalue weighted by molar-refractivity contribution is 0.474. The molecule has 0 unspecified atom stereocenters. The highest BCUT2D eigenvalue weighted by molar-refractivity contribution is 6.04. The van der Waals surface area contributed by atoms with Crippen molar-refractivity contribution in [2.24, 2.45) is 0 Å². The van der Waals surface area contributed by atoms with E-state index < -0.39 is 0 Å². The molecule has 0 heterocycles. The highest BCUT2D eigenvalue weighted by Gasteiger charge is 2.16. The minimum Gasteiger partial charge on any atom is -0.508 e. The maximum absolute atomic E-state index is 9.77. The van der Waals surface area contributed by atoms with Crippen molar-refractivity contribution < 1.29 is 15.3 Å². The largest absolute Gasteiger partial charge is 0.508 e. The molecule has 3 heteroatoms. The molecule has 0 aromatic heterocycles. The van der Waals surface area contributed by atoms with E-state index in [1.54, 1.807) is 36.4 Å². The molecule has 3 N–H and O–H groups in total. The van der Waals surface area contributed by atoms with Crippen molar-refractivity contribution >= 4 is 11.1 Å². The van der Waals surface area contributed by atoms with Crippen LogP contribution in [-0.2, 0) is 0 Å². The summed E-state index contributed by atoms with van der Waals surface area (Å²) in [6, 6.07) is 31.3. The Bertz CT molecular complexity index is 1080. The van der Waals surface area contributed by atoms with E-state index in [9.17, 15) is 15.3 Å². The second kappa shape index (κ2) is 7.95. The highest BCUT2D eigenvalue weighted by atomic mass is 16.3. The van der Waals surface area contributed by atoms with E-state index in [-0.39, 0.29) is 17.2 Å². The van der Waals surface area contributed by atoms with Crippen LogP contribution in [0.2, 0.25) is 0 Å². The molecule has 4 aromatic carbocycles. The van der Waals surface area contributed by atoms with Gasteiger partial charge in [-0.2, -0.15) is 0 Å². The fourth-order valence-corrected chi connectivity index (χ4v) is 3.40. The summed E-state index contributed by atoms with van der Waals surface area (Å²) in [5, 5.41) is 29.3. The van der Waals surface area contributed by atoms with Crippen LogP contribution in [-0.4, -0.2) is 15.3 Å². The van der Waals surface area contributed by atoms with E-state index in [0.717, 1.165) is 33.4 Å². The molecular weight excluding hydrogens is 360 g/mol. The number of phenolic OH excluding ortho intramolecular Hbond substituents is 3. The van der Waals surface area contributed by atoms with Gasteiger partial charge in [-0.3, -0.25) is 0 Å². The van der Waals surface area contributed by atoms with Gasteiger partial charge in [0.05, 0.1) is 0 Å². The molecule has 3 nitrogen and oxygen atoms in total. The lowest BCUT2D eigenvalue weighted by atomic mass is 9.86. The summed E-state index contributed by atoms with van der Waals surface area (Å²) in [6.45, 7) is 0. The van der Waals surface area contributed by atoms with Gasteiger partial charge in [-0.1, -0.05) is 66.7 Å². The maximum atomic E-state index is 9.77. The van der Waals surface area contributed by atoms with Gasteiger partial charge in [0.2, 0.25) is 0 Å². The predicted octanol–water partition coefficient (Wildman–Crippen LogP) is 5.81. The Morgan fingerprint density at radius 1 is 0.345 bits per heavy atom. The van der Waals surface area contributed by atoms with Crippen LogP contribution in [0.4, 0.5) is 0 Å². The molecule has 0 spiro atoms. The third-order valence-corrected chi connectivity index (χ3v) is 4.78. The van der Waals surface area contributed by atoms with Crippen molar-refractivity contribution in [2.45, 2.75) is 0 Å². The molecule has 0 saturated heterocycles. The van der Waals surface area contributed by atoms with Crippen LogP contribution in [0.1, 0.15) is 22.3 Å². The molecule has 0 amide bonds. The SMILES string of the molecule is Oc1ccc(C(=C(c2ccc(O)cc2)c2ccc(O)cc2)c2ccccc2)cc1. The van der Waals surface area contributed by atoms with Gasteiger partial charge >= 0.3 is 0 Å². The molecule has 142 valence electrons. The summed E-state index contributed by atoms with van der Waals surface area (Å²) in [4.78, 5) is 0. The first-order valence-electron chi connectivity index (χ1n) is 9.30. The third-order valence-electron chi connectivity index (χ3n) is 4.78. The Hall–Kier alpha value is -3.98. The second-order valence-electron chi connectivity index (χ2n) is 6.76. The lowest BCUT2D eigenvalue weighted by Gasteiger charge is -2.18. The standard InChI is InChI=1S/C26H20O3/c27-22-12-6-19(7-13-22)25(18-4-2-1-3-5-18)26(20-8-14-23(28)15-9-20)21-10-16-24(29)17-11-21/h1-17,27-29H. The van der Waals surface area contributed by atoms with Crippen molar-refractivity contribution in [2.75, 3.05) is 0 Å². The Labute approximate surface area is 169 Å². The summed E-state index contributed by atoms with van der Waals surface area (Å²) >= 11 is 0. The van der Waals surface area contributed by atoms with E-state index in [4.69, 9.17) is 0 Å². The highest BCUT2D eigenvalue weighted by Crippen LogP contribution is 2.38. The van der Waals surface area contributed by atoms with Crippen molar-refractivity contribution in [3.8, 4) is 17.2 Å². The first kappa shape index (κ1) is 18.4. The Kier molecular flexibility index (Phi) is 5.04. The Morgan fingerprint density at radius 3 is 0.931 bits per heavy atom. The maximum Gasteiger partial charge on any atom is 0.115 e. The first-order valence-corrected chi connectivity index (χ1v) is 9.30. The number of hydrogen-bond acceptors (Lipinski definition) is 3. The van der Waals surface area contributed by atoms with Crippen molar-refractivity contribution in [1.29, 1.82) is 0 Å². The summed E-state index contributed by atoms with van der Waals surface area (Å²) in [7, 11) is 0. The number of phenols is 3. The van der Waals surface area contributed by atoms with Crippen LogP contribution in [0.5, 0.6) is 17.2 Å². The van der Waals surface area contributed by atoms with Crippen molar-refractivity contribution in [3.63, 3.8) is 0 Å². The Balaban J connectivity index is 2.08. The van der Waals surface area contributed by atoms with Crippen molar-refractivity contribution in [3.05, 3.63) is 125 Å². The lowest BCUT2D eigenvalue weighted by Crippen LogP contribution is -1.97. The van der Waals surface area contributed by atoms with Gasteiger partial charge < -0.3 is 15.3 Å².